The van der Waals surface area contributed by atoms with Crippen LogP contribution in [0.1, 0.15) is 46.5 Å². The highest BCUT2D eigenvalue weighted by atomic mass is 15.1. The lowest BCUT2D eigenvalue weighted by Crippen LogP contribution is -2.22. The fraction of sp³-hybridized carbons (Fsp3) is 1.00. The van der Waals surface area contributed by atoms with Crippen molar-refractivity contribution in [3.8, 4) is 0 Å². The number of rotatable bonds is 4. The Labute approximate surface area is 77.1 Å². The van der Waals surface area contributed by atoms with E-state index in [4.69, 9.17) is 0 Å². The van der Waals surface area contributed by atoms with Gasteiger partial charge in [-0.05, 0) is 44.7 Å². The maximum atomic E-state index is 2.52. The average Bonchev–Trinajstić information content (AvgIpc) is 2.64. The molecule has 0 saturated heterocycles. The van der Waals surface area contributed by atoms with Crippen molar-refractivity contribution in [3.63, 3.8) is 0 Å². The summed E-state index contributed by atoms with van der Waals surface area (Å²) in [6.07, 6.45) is 5.58. The summed E-state index contributed by atoms with van der Waals surface area (Å²) >= 11 is 0. The van der Waals surface area contributed by atoms with Crippen molar-refractivity contribution in [2.24, 2.45) is 5.41 Å². The molecule has 0 aromatic carbocycles. The van der Waals surface area contributed by atoms with E-state index in [9.17, 15) is 0 Å². The second-order valence-electron chi connectivity index (χ2n) is 5.38. The third-order valence-electron chi connectivity index (χ3n) is 2.61. The molecule has 1 rings (SSSR count). The Morgan fingerprint density at radius 1 is 1.25 bits per heavy atom. The molecule has 1 aliphatic rings. The molecule has 1 aliphatic carbocycles. The third kappa shape index (κ3) is 4.10. The number of hydrogen-bond donors (Lipinski definition) is 0. The van der Waals surface area contributed by atoms with Crippen LogP contribution in [-0.4, -0.2) is 24.5 Å². The zero-order chi connectivity index (χ0) is 9.19. The van der Waals surface area contributed by atoms with Crippen LogP contribution in [0.25, 0.3) is 0 Å². The Bertz CT molecular complexity index is 130. The maximum absolute atomic E-state index is 2.52. The van der Waals surface area contributed by atoms with Gasteiger partial charge in [0, 0.05) is 6.04 Å². The molecule has 72 valence electrons. The molecule has 0 unspecified atom stereocenters. The van der Waals surface area contributed by atoms with Gasteiger partial charge in [-0.2, -0.15) is 0 Å². The molecule has 0 N–H and O–H groups in total. The molecule has 0 aromatic heterocycles. The van der Waals surface area contributed by atoms with Gasteiger partial charge < -0.3 is 4.90 Å². The van der Waals surface area contributed by atoms with E-state index < -0.39 is 0 Å². The number of hydrogen-bond acceptors (Lipinski definition) is 1. The largest absolute Gasteiger partial charge is 0.303 e. The van der Waals surface area contributed by atoms with Gasteiger partial charge in [0.1, 0.15) is 0 Å². The van der Waals surface area contributed by atoms with Crippen LogP contribution < -0.4 is 0 Å². The highest BCUT2D eigenvalue weighted by Gasteiger charge is 2.25. The zero-order valence-electron chi connectivity index (χ0n) is 9.06. The minimum Gasteiger partial charge on any atom is -0.303 e. The van der Waals surface area contributed by atoms with Gasteiger partial charge >= 0.3 is 0 Å². The Kier molecular flexibility index (Phi) is 3.16. The highest BCUT2D eigenvalue weighted by Crippen LogP contribution is 2.26. The lowest BCUT2D eigenvalue weighted by Gasteiger charge is -2.21. The summed E-state index contributed by atoms with van der Waals surface area (Å²) in [7, 11) is 2.26. The quantitative estimate of drug-likeness (QED) is 0.625. The molecule has 0 heterocycles. The van der Waals surface area contributed by atoms with Gasteiger partial charge in [0.2, 0.25) is 0 Å². The van der Waals surface area contributed by atoms with E-state index >= 15 is 0 Å². The van der Waals surface area contributed by atoms with Crippen LogP contribution in [0.5, 0.6) is 0 Å². The predicted octanol–water partition coefficient (Wildman–Crippen LogP) is 2.91. The van der Waals surface area contributed by atoms with Crippen molar-refractivity contribution in [2.75, 3.05) is 13.6 Å². The summed E-state index contributed by atoms with van der Waals surface area (Å²) in [6, 6.07) is 0.935. The van der Waals surface area contributed by atoms with Crippen molar-refractivity contribution in [2.45, 2.75) is 52.5 Å². The summed E-state index contributed by atoms with van der Waals surface area (Å²) in [5, 5.41) is 0. The smallest absolute Gasteiger partial charge is 0.00933 e. The molecule has 12 heavy (non-hydrogen) atoms. The first-order valence-corrected chi connectivity index (χ1v) is 5.19. The minimum atomic E-state index is 0.518. The Morgan fingerprint density at radius 2 is 1.83 bits per heavy atom. The van der Waals surface area contributed by atoms with Crippen LogP contribution >= 0.6 is 0 Å². The van der Waals surface area contributed by atoms with Gasteiger partial charge in [-0.1, -0.05) is 20.8 Å². The minimum absolute atomic E-state index is 0.518. The van der Waals surface area contributed by atoms with E-state index in [0.29, 0.717) is 5.41 Å². The molecule has 1 fully saturated rings. The molecule has 0 bridgehead atoms. The van der Waals surface area contributed by atoms with E-state index in [1.165, 1.54) is 32.2 Å². The molecule has 0 amide bonds. The summed E-state index contributed by atoms with van der Waals surface area (Å²) in [4.78, 5) is 2.52. The van der Waals surface area contributed by atoms with Crippen LogP contribution in [0.2, 0.25) is 0 Å². The SMILES string of the molecule is CN(CCCC(C)(C)C)C1CC1. The van der Waals surface area contributed by atoms with E-state index in [1.807, 2.05) is 0 Å². The Balaban J connectivity index is 2.01. The van der Waals surface area contributed by atoms with Gasteiger partial charge in [0.15, 0.2) is 0 Å². The van der Waals surface area contributed by atoms with E-state index in [1.54, 1.807) is 0 Å². The van der Waals surface area contributed by atoms with Crippen molar-refractivity contribution in [1.82, 2.24) is 4.90 Å². The van der Waals surface area contributed by atoms with Crippen molar-refractivity contribution in [1.29, 1.82) is 0 Å². The first kappa shape index (κ1) is 10.0. The lowest BCUT2D eigenvalue weighted by atomic mass is 9.90. The maximum Gasteiger partial charge on any atom is 0.00933 e. The Hall–Kier alpha value is -0.0400. The molecule has 0 radical (unpaired) electrons. The molecule has 0 spiro atoms. The predicted molar refractivity (Wildman–Crippen MR) is 54.3 cm³/mol. The van der Waals surface area contributed by atoms with Gasteiger partial charge in [-0.25, -0.2) is 0 Å². The first-order chi connectivity index (χ1) is 5.49. The second kappa shape index (κ2) is 3.78. The fourth-order valence-electron chi connectivity index (χ4n) is 1.56. The highest BCUT2D eigenvalue weighted by molar-refractivity contribution is 4.82. The van der Waals surface area contributed by atoms with Gasteiger partial charge in [0.05, 0.1) is 0 Å². The van der Waals surface area contributed by atoms with Crippen molar-refractivity contribution >= 4 is 0 Å². The van der Waals surface area contributed by atoms with Gasteiger partial charge in [-0.15, -0.1) is 0 Å². The first-order valence-electron chi connectivity index (χ1n) is 5.19. The van der Waals surface area contributed by atoms with E-state index in [2.05, 4.69) is 32.7 Å². The molecule has 1 saturated carbocycles. The van der Waals surface area contributed by atoms with Gasteiger partial charge in [0.25, 0.3) is 0 Å². The second-order valence-corrected chi connectivity index (χ2v) is 5.38. The molecular weight excluding hydrogens is 146 g/mol. The zero-order valence-corrected chi connectivity index (χ0v) is 9.06. The lowest BCUT2D eigenvalue weighted by molar-refractivity contribution is 0.281. The molecular formula is C11H23N. The Morgan fingerprint density at radius 3 is 2.25 bits per heavy atom. The van der Waals surface area contributed by atoms with Crippen LogP contribution in [-0.2, 0) is 0 Å². The molecule has 0 atom stereocenters. The van der Waals surface area contributed by atoms with Crippen molar-refractivity contribution in [3.05, 3.63) is 0 Å². The summed E-state index contributed by atoms with van der Waals surface area (Å²) in [6.45, 7) is 8.26. The number of nitrogens with zero attached hydrogens (tertiary/aromatic N) is 1. The molecule has 1 heteroatoms. The van der Waals surface area contributed by atoms with Crippen LogP contribution in [0, 0.1) is 5.41 Å². The van der Waals surface area contributed by atoms with Gasteiger partial charge in [-0.3, -0.25) is 0 Å². The summed E-state index contributed by atoms with van der Waals surface area (Å²) < 4.78 is 0. The molecule has 1 nitrogen and oxygen atoms in total. The summed E-state index contributed by atoms with van der Waals surface area (Å²) in [5.74, 6) is 0. The summed E-state index contributed by atoms with van der Waals surface area (Å²) in [5.41, 5.74) is 0.518. The fourth-order valence-corrected chi connectivity index (χ4v) is 1.56. The normalized spacial score (nSPS) is 18.8. The van der Waals surface area contributed by atoms with E-state index in [0.717, 1.165) is 6.04 Å². The monoisotopic (exact) mass is 169 g/mol. The molecule has 0 aromatic rings. The van der Waals surface area contributed by atoms with Crippen molar-refractivity contribution < 1.29 is 0 Å². The molecule has 0 aliphatic heterocycles. The standard InChI is InChI=1S/C11H23N/c1-11(2,3)8-5-9-12(4)10-6-7-10/h10H,5-9H2,1-4H3. The van der Waals surface area contributed by atoms with E-state index in [-0.39, 0.29) is 0 Å². The topological polar surface area (TPSA) is 3.24 Å². The van der Waals surface area contributed by atoms with Crippen LogP contribution in [0.15, 0.2) is 0 Å². The average molecular weight is 169 g/mol. The van der Waals surface area contributed by atoms with Crippen LogP contribution in [0.4, 0.5) is 0 Å². The van der Waals surface area contributed by atoms with Crippen LogP contribution in [0.3, 0.4) is 0 Å². The third-order valence-corrected chi connectivity index (χ3v) is 2.61.